The molecule has 0 aliphatic carbocycles. The maximum absolute atomic E-state index is 14.5. The van der Waals surface area contributed by atoms with Gasteiger partial charge in [-0.1, -0.05) is 23.2 Å². The van der Waals surface area contributed by atoms with E-state index in [2.05, 4.69) is 10.2 Å². The molecular weight excluding hydrogens is 349 g/mol. The number of hydrogen-bond donors (Lipinski definition) is 1. The van der Waals surface area contributed by atoms with Crippen LogP contribution in [0.1, 0.15) is 16.5 Å². The number of thiophene rings is 1. The Hall–Kier alpha value is -0.720. The average molecular weight is 363 g/mol. The molecular formula is C15H14Cl2F2N2S. The average Bonchev–Trinajstić information content (AvgIpc) is 2.94. The van der Waals surface area contributed by atoms with E-state index in [0.29, 0.717) is 17.4 Å². The summed E-state index contributed by atoms with van der Waals surface area (Å²) in [5.74, 6) is -1.29. The minimum absolute atomic E-state index is 0.00656. The monoisotopic (exact) mass is 362 g/mol. The van der Waals surface area contributed by atoms with E-state index in [0.717, 1.165) is 18.0 Å². The van der Waals surface area contributed by atoms with Crippen molar-refractivity contribution in [2.75, 3.05) is 26.2 Å². The van der Waals surface area contributed by atoms with Gasteiger partial charge < -0.3 is 5.32 Å². The van der Waals surface area contributed by atoms with Crippen LogP contribution in [0.25, 0.3) is 0 Å². The Balaban J connectivity index is 2.11. The van der Waals surface area contributed by atoms with Crippen molar-refractivity contribution in [3.63, 3.8) is 0 Å². The quantitative estimate of drug-likeness (QED) is 0.817. The fraction of sp³-hybridized carbons (Fsp3) is 0.333. The summed E-state index contributed by atoms with van der Waals surface area (Å²) in [5, 5.41) is 3.17. The number of hydrogen-bond acceptors (Lipinski definition) is 3. The van der Waals surface area contributed by atoms with Crippen molar-refractivity contribution in [1.82, 2.24) is 10.2 Å². The topological polar surface area (TPSA) is 15.3 Å². The number of piperazine rings is 1. The first-order valence-corrected chi connectivity index (χ1v) is 8.48. The summed E-state index contributed by atoms with van der Waals surface area (Å²) in [6.45, 7) is 2.95. The lowest BCUT2D eigenvalue weighted by Crippen LogP contribution is -2.45. The highest BCUT2D eigenvalue weighted by Crippen LogP contribution is 2.39. The molecule has 0 unspecified atom stereocenters. The van der Waals surface area contributed by atoms with E-state index in [-0.39, 0.29) is 10.6 Å². The Morgan fingerprint density at radius 1 is 1.09 bits per heavy atom. The SMILES string of the molecule is Fc1ccc(Cl)c(F)c1[C@@H](c1ccc(Cl)s1)N1CCNCC1. The van der Waals surface area contributed by atoms with Gasteiger partial charge in [-0.25, -0.2) is 8.78 Å². The first kappa shape index (κ1) is 16.1. The van der Waals surface area contributed by atoms with Gasteiger partial charge in [-0.2, -0.15) is 0 Å². The van der Waals surface area contributed by atoms with E-state index in [4.69, 9.17) is 23.2 Å². The molecule has 2 aromatic rings. The first-order chi connectivity index (χ1) is 10.6. The van der Waals surface area contributed by atoms with Crippen molar-refractivity contribution in [2.24, 2.45) is 0 Å². The zero-order chi connectivity index (χ0) is 15.7. The Bertz CT molecular complexity index is 672. The second kappa shape index (κ2) is 6.81. The highest BCUT2D eigenvalue weighted by atomic mass is 35.5. The minimum Gasteiger partial charge on any atom is -0.314 e. The maximum atomic E-state index is 14.5. The summed E-state index contributed by atoms with van der Waals surface area (Å²) >= 11 is 13.2. The molecule has 1 aliphatic heterocycles. The molecule has 3 rings (SSSR count). The third-order valence-electron chi connectivity index (χ3n) is 3.73. The molecule has 0 bridgehead atoms. The molecule has 1 atom stereocenters. The summed E-state index contributed by atoms with van der Waals surface area (Å²) in [5.41, 5.74) is -0.00656. The number of nitrogens with zero attached hydrogens (tertiary/aromatic N) is 1. The van der Waals surface area contributed by atoms with E-state index < -0.39 is 17.7 Å². The molecule has 1 fully saturated rings. The van der Waals surface area contributed by atoms with Gasteiger partial charge in [-0.05, 0) is 24.3 Å². The number of rotatable bonds is 3. The van der Waals surface area contributed by atoms with Crippen LogP contribution in [-0.2, 0) is 0 Å². The second-order valence-corrected chi connectivity index (χ2v) is 7.24. The third kappa shape index (κ3) is 3.14. The Morgan fingerprint density at radius 3 is 2.45 bits per heavy atom. The van der Waals surface area contributed by atoms with Gasteiger partial charge in [0.1, 0.15) is 11.6 Å². The predicted molar refractivity (Wildman–Crippen MR) is 87.0 cm³/mol. The van der Waals surface area contributed by atoms with E-state index in [1.165, 1.54) is 23.5 Å². The van der Waals surface area contributed by atoms with E-state index in [1.807, 2.05) is 6.07 Å². The number of benzene rings is 1. The highest BCUT2D eigenvalue weighted by molar-refractivity contribution is 7.16. The van der Waals surface area contributed by atoms with Crippen molar-refractivity contribution in [1.29, 1.82) is 0 Å². The van der Waals surface area contributed by atoms with Gasteiger partial charge in [-0.3, -0.25) is 4.90 Å². The molecule has 22 heavy (non-hydrogen) atoms. The van der Waals surface area contributed by atoms with Crippen LogP contribution in [0.4, 0.5) is 8.78 Å². The highest BCUT2D eigenvalue weighted by Gasteiger charge is 2.31. The Labute approximate surface area is 141 Å². The fourth-order valence-electron chi connectivity index (χ4n) is 2.71. The predicted octanol–water partition coefficient (Wildman–Crippen LogP) is 4.33. The summed E-state index contributed by atoms with van der Waals surface area (Å²) in [7, 11) is 0. The van der Waals surface area contributed by atoms with Crippen LogP contribution in [-0.4, -0.2) is 31.1 Å². The molecule has 1 aromatic heterocycles. The largest absolute Gasteiger partial charge is 0.314 e. The normalized spacial score (nSPS) is 17.6. The minimum atomic E-state index is -0.699. The van der Waals surface area contributed by atoms with Crippen molar-refractivity contribution < 1.29 is 8.78 Å². The van der Waals surface area contributed by atoms with Gasteiger partial charge >= 0.3 is 0 Å². The van der Waals surface area contributed by atoms with E-state index in [9.17, 15) is 8.78 Å². The standard InChI is InChI=1S/C15H14Cl2F2N2S/c16-9-1-2-10(18)13(14(9)19)15(11-3-4-12(17)22-11)21-7-5-20-6-8-21/h1-4,15,20H,5-8H2/t15-/m1/s1. The molecule has 0 spiro atoms. The number of halogens is 4. The Kier molecular flexibility index (Phi) is 5.00. The van der Waals surface area contributed by atoms with Crippen LogP contribution in [0, 0.1) is 11.6 Å². The second-order valence-electron chi connectivity index (χ2n) is 5.09. The first-order valence-electron chi connectivity index (χ1n) is 6.91. The van der Waals surface area contributed by atoms with Crippen molar-refractivity contribution in [3.8, 4) is 0 Å². The molecule has 2 nitrogen and oxygen atoms in total. The summed E-state index contributed by atoms with van der Waals surface area (Å²) < 4.78 is 29.5. The molecule has 0 saturated carbocycles. The molecule has 0 amide bonds. The molecule has 118 valence electrons. The van der Waals surface area contributed by atoms with Gasteiger partial charge in [0.15, 0.2) is 0 Å². The maximum Gasteiger partial charge on any atom is 0.149 e. The molecule has 0 radical (unpaired) electrons. The third-order valence-corrected chi connectivity index (χ3v) is 5.31. The zero-order valence-corrected chi connectivity index (χ0v) is 13.9. The molecule has 2 heterocycles. The van der Waals surface area contributed by atoms with Gasteiger partial charge in [0.2, 0.25) is 0 Å². The summed E-state index contributed by atoms with van der Waals surface area (Å²) in [4.78, 5) is 2.86. The summed E-state index contributed by atoms with van der Waals surface area (Å²) in [6, 6.07) is 5.51. The van der Waals surface area contributed by atoms with Gasteiger partial charge in [-0.15, -0.1) is 11.3 Å². The lowest BCUT2D eigenvalue weighted by molar-refractivity contribution is 0.194. The smallest absolute Gasteiger partial charge is 0.149 e. The zero-order valence-electron chi connectivity index (χ0n) is 11.6. The van der Waals surface area contributed by atoms with Crippen LogP contribution >= 0.6 is 34.5 Å². The van der Waals surface area contributed by atoms with Crippen LogP contribution in [0.2, 0.25) is 9.36 Å². The van der Waals surface area contributed by atoms with E-state index >= 15 is 0 Å². The van der Waals surface area contributed by atoms with Crippen LogP contribution in [0.15, 0.2) is 24.3 Å². The molecule has 1 aromatic carbocycles. The lowest BCUT2D eigenvalue weighted by Gasteiger charge is -2.35. The molecule has 7 heteroatoms. The Morgan fingerprint density at radius 2 is 1.82 bits per heavy atom. The van der Waals surface area contributed by atoms with Crippen LogP contribution in [0.3, 0.4) is 0 Å². The molecule has 1 saturated heterocycles. The fourth-order valence-corrected chi connectivity index (χ4v) is 4.08. The molecule has 1 N–H and O–H groups in total. The van der Waals surface area contributed by atoms with E-state index in [1.54, 1.807) is 6.07 Å². The van der Waals surface area contributed by atoms with Crippen LogP contribution in [0.5, 0.6) is 0 Å². The lowest BCUT2D eigenvalue weighted by atomic mass is 10.0. The van der Waals surface area contributed by atoms with Crippen molar-refractivity contribution in [3.05, 3.63) is 55.7 Å². The summed E-state index contributed by atoms with van der Waals surface area (Å²) in [6.07, 6.45) is 0. The molecule has 1 aliphatic rings. The van der Waals surface area contributed by atoms with Crippen molar-refractivity contribution >= 4 is 34.5 Å². The number of nitrogens with one attached hydrogen (secondary N) is 1. The van der Waals surface area contributed by atoms with Gasteiger partial charge in [0.05, 0.1) is 15.4 Å². The van der Waals surface area contributed by atoms with Gasteiger partial charge in [0, 0.05) is 36.6 Å². The van der Waals surface area contributed by atoms with Gasteiger partial charge in [0.25, 0.3) is 0 Å². The van der Waals surface area contributed by atoms with Crippen molar-refractivity contribution in [2.45, 2.75) is 6.04 Å². The van der Waals surface area contributed by atoms with Crippen LogP contribution < -0.4 is 5.32 Å².